The maximum absolute atomic E-state index is 12.5. The lowest BCUT2D eigenvalue weighted by molar-refractivity contribution is 0.619. The van der Waals surface area contributed by atoms with E-state index in [1.165, 1.54) is 6.07 Å². The van der Waals surface area contributed by atoms with Crippen LogP contribution in [0.5, 0.6) is 0 Å². The van der Waals surface area contributed by atoms with Crippen LogP contribution < -0.4 is 0 Å². The number of hydrogen-bond donors (Lipinski definition) is 0. The van der Waals surface area contributed by atoms with Gasteiger partial charge in [-0.25, -0.2) is 9.37 Å². The first kappa shape index (κ1) is 7.95. The van der Waals surface area contributed by atoms with E-state index in [1.54, 1.807) is 6.92 Å². The normalized spacial score (nSPS) is 10.0. The Labute approximate surface area is 71.4 Å². The number of aromatic nitrogens is 1. The van der Waals surface area contributed by atoms with Gasteiger partial charge >= 0.3 is 0 Å². The minimum atomic E-state index is -0.501. The predicted octanol–water partition coefficient (Wildman–Crippen LogP) is 2.95. The third kappa shape index (κ3) is 1.47. The summed E-state index contributed by atoms with van der Waals surface area (Å²) in [5.74, 6) is -0.501. The standard InChI is InChI=1S/C6H4BrClFN/c1-3-4(7)2-5(9)6(8)10-3/h2H,1H3. The highest BCUT2D eigenvalue weighted by atomic mass is 79.9. The average Bonchev–Trinajstić information content (AvgIpc) is 1.84. The van der Waals surface area contributed by atoms with Crippen LogP contribution in [-0.2, 0) is 0 Å². The van der Waals surface area contributed by atoms with Gasteiger partial charge in [0.2, 0.25) is 0 Å². The largest absolute Gasteiger partial charge is 0.237 e. The van der Waals surface area contributed by atoms with Crippen molar-refractivity contribution < 1.29 is 4.39 Å². The van der Waals surface area contributed by atoms with E-state index in [1.807, 2.05) is 0 Å². The van der Waals surface area contributed by atoms with E-state index in [9.17, 15) is 4.39 Å². The lowest BCUT2D eigenvalue weighted by Crippen LogP contribution is -1.87. The van der Waals surface area contributed by atoms with Crippen molar-refractivity contribution in [1.82, 2.24) is 4.98 Å². The van der Waals surface area contributed by atoms with E-state index in [0.717, 1.165) is 0 Å². The molecule has 10 heavy (non-hydrogen) atoms. The Hall–Kier alpha value is -0.150. The molecule has 0 radical (unpaired) electrons. The second-order valence-electron chi connectivity index (χ2n) is 1.83. The molecule has 0 spiro atoms. The van der Waals surface area contributed by atoms with Crippen molar-refractivity contribution in [3.63, 3.8) is 0 Å². The Balaban J connectivity index is 3.28. The lowest BCUT2D eigenvalue weighted by Gasteiger charge is -1.97. The Kier molecular flexibility index (Phi) is 2.26. The fourth-order valence-corrected chi connectivity index (χ4v) is 1.00. The summed E-state index contributed by atoms with van der Waals surface area (Å²) in [4.78, 5) is 3.72. The molecule has 0 fully saturated rings. The highest BCUT2D eigenvalue weighted by Crippen LogP contribution is 2.19. The van der Waals surface area contributed by atoms with Gasteiger partial charge in [0, 0.05) is 4.47 Å². The van der Waals surface area contributed by atoms with Gasteiger partial charge in [-0.2, -0.15) is 0 Å². The molecule has 1 rings (SSSR count). The van der Waals surface area contributed by atoms with Crippen molar-refractivity contribution in [3.05, 3.63) is 27.2 Å². The van der Waals surface area contributed by atoms with Crippen LogP contribution in [0.15, 0.2) is 10.5 Å². The van der Waals surface area contributed by atoms with Crippen molar-refractivity contribution >= 4 is 27.5 Å². The summed E-state index contributed by atoms with van der Waals surface area (Å²) in [7, 11) is 0. The summed E-state index contributed by atoms with van der Waals surface area (Å²) in [5, 5.41) is -0.0827. The highest BCUT2D eigenvalue weighted by molar-refractivity contribution is 9.10. The predicted molar refractivity (Wildman–Crippen MR) is 41.6 cm³/mol. The summed E-state index contributed by atoms with van der Waals surface area (Å²) in [6, 6.07) is 1.30. The van der Waals surface area contributed by atoms with Gasteiger partial charge in [0.05, 0.1) is 5.69 Å². The van der Waals surface area contributed by atoms with Crippen molar-refractivity contribution in [2.75, 3.05) is 0 Å². The minimum Gasteiger partial charge on any atom is -0.237 e. The lowest BCUT2D eigenvalue weighted by atomic mass is 10.4. The second kappa shape index (κ2) is 2.84. The molecule has 0 aliphatic rings. The number of aryl methyl sites for hydroxylation is 1. The van der Waals surface area contributed by atoms with E-state index in [4.69, 9.17) is 11.6 Å². The molecule has 0 unspecified atom stereocenters. The van der Waals surface area contributed by atoms with Gasteiger partial charge in [-0.3, -0.25) is 0 Å². The van der Waals surface area contributed by atoms with Crippen LogP contribution in [-0.4, -0.2) is 4.98 Å². The smallest absolute Gasteiger partial charge is 0.165 e. The Bertz CT molecular complexity index is 214. The van der Waals surface area contributed by atoms with Crippen LogP contribution in [0.25, 0.3) is 0 Å². The molecule has 0 saturated carbocycles. The van der Waals surface area contributed by atoms with Crippen LogP contribution in [0.3, 0.4) is 0 Å². The molecule has 1 aromatic heterocycles. The number of nitrogens with zero attached hydrogens (tertiary/aromatic N) is 1. The van der Waals surface area contributed by atoms with E-state index in [2.05, 4.69) is 20.9 Å². The SMILES string of the molecule is Cc1nc(Cl)c(F)cc1Br. The maximum atomic E-state index is 12.5. The molecule has 54 valence electrons. The van der Waals surface area contributed by atoms with Gasteiger partial charge < -0.3 is 0 Å². The molecule has 1 nitrogen and oxygen atoms in total. The molecule has 1 heterocycles. The molecule has 0 atom stereocenters. The molecule has 4 heteroatoms. The molecule has 0 aromatic carbocycles. The molecule has 0 amide bonds. The molecule has 0 saturated heterocycles. The van der Waals surface area contributed by atoms with Gasteiger partial charge in [0.25, 0.3) is 0 Å². The van der Waals surface area contributed by atoms with Crippen LogP contribution in [0.1, 0.15) is 5.69 Å². The first-order valence-corrected chi connectivity index (χ1v) is 3.76. The average molecular weight is 224 g/mol. The summed E-state index contributed by atoms with van der Waals surface area (Å²) < 4.78 is 13.2. The topological polar surface area (TPSA) is 12.9 Å². The van der Waals surface area contributed by atoms with E-state index in [-0.39, 0.29) is 5.15 Å². The van der Waals surface area contributed by atoms with Gasteiger partial charge in [0.15, 0.2) is 11.0 Å². The van der Waals surface area contributed by atoms with Crippen molar-refractivity contribution in [3.8, 4) is 0 Å². The first-order chi connectivity index (χ1) is 4.61. The molecule has 0 aliphatic carbocycles. The van der Waals surface area contributed by atoms with Crippen LogP contribution >= 0.6 is 27.5 Å². The monoisotopic (exact) mass is 223 g/mol. The summed E-state index contributed by atoms with van der Waals surface area (Å²) in [5.41, 5.74) is 0.686. The molecule has 0 aliphatic heterocycles. The Morgan fingerprint density at radius 2 is 2.30 bits per heavy atom. The van der Waals surface area contributed by atoms with Crippen LogP contribution in [0.2, 0.25) is 5.15 Å². The van der Waals surface area contributed by atoms with Crippen molar-refractivity contribution in [2.24, 2.45) is 0 Å². The fourth-order valence-electron chi connectivity index (χ4n) is 0.529. The number of hydrogen-bond acceptors (Lipinski definition) is 1. The van der Waals surface area contributed by atoms with Gasteiger partial charge in [-0.05, 0) is 28.9 Å². The highest BCUT2D eigenvalue weighted by Gasteiger charge is 2.03. The third-order valence-electron chi connectivity index (χ3n) is 1.06. The molecular formula is C6H4BrClFN. The van der Waals surface area contributed by atoms with Crippen molar-refractivity contribution in [2.45, 2.75) is 6.92 Å². The van der Waals surface area contributed by atoms with Gasteiger partial charge in [-0.1, -0.05) is 11.6 Å². The van der Waals surface area contributed by atoms with Crippen molar-refractivity contribution in [1.29, 1.82) is 0 Å². The quantitative estimate of drug-likeness (QED) is 0.618. The maximum Gasteiger partial charge on any atom is 0.165 e. The fraction of sp³-hybridized carbons (Fsp3) is 0.167. The molecule has 1 aromatic rings. The zero-order chi connectivity index (χ0) is 7.72. The van der Waals surface area contributed by atoms with Crippen LogP contribution in [0, 0.1) is 12.7 Å². The van der Waals surface area contributed by atoms with E-state index >= 15 is 0 Å². The third-order valence-corrected chi connectivity index (χ3v) is 2.13. The summed E-state index contributed by atoms with van der Waals surface area (Å²) >= 11 is 8.50. The first-order valence-electron chi connectivity index (χ1n) is 2.59. The van der Waals surface area contributed by atoms with Crippen LogP contribution in [0.4, 0.5) is 4.39 Å². The van der Waals surface area contributed by atoms with E-state index < -0.39 is 5.82 Å². The summed E-state index contributed by atoms with van der Waals surface area (Å²) in [6.45, 7) is 1.75. The van der Waals surface area contributed by atoms with E-state index in [0.29, 0.717) is 10.2 Å². The molecular weight excluding hydrogens is 220 g/mol. The number of halogens is 3. The summed E-state index contributed by atoms with van der Waals surface area (Å²) in [6.07, 6.45) is 0. The van der Waals surface area contributed by atoms with Gasteiger partial charge in [-0.15, -0.1) is 0 Å². The number of pyridine rings is 1. The zero-order valence-corrected chi connectivity index (χ0v) is 7.50. The minimum absolute atomic E-state index is 0.0827. The van der Waals surface area contributed by atoms with Gasteiger partial charge in [0.1, 0.15) is 0 Å². The second-order valence-corrected chi connectivity index (χ2v) is 3.04. The molecule has 0 bridgehead atoms. The molecule has 0 N–H and O–H groups in total. The Morgan fingerprint density at radius 3 is 2.80 bits per heavy atom. The number of rotatable bonds is 0. The Morgan fingerprint density at radius 1 is 1.70 bits per heavy atom. The zero-order valence-electron chi connectivity index (χ0n) is 5.16.